The van der Waals surface area contributed by atoms with Crippen LogP contribution >= 0.6 is 11.6 Å². The highest BCUT2D eigenvalue weighted by Gasteiger charge is 2.18. The Morgan fingerprint density at radius 2 is 2.00 bits per heavy atom. The molecule has 0 saturated heterocycles. The number of halogens is 1. The number of hydrogen-bond donors (Lipinski definition) is 1. The lowest BCUT2D eigenvalue weighted by atomic mass is 10.2. The van der Waals surface area contributed by atoms with Crippen LogP contribution in [0.1, 0.15) is 12.8 Å². The average molecular weight is 379 g/mol. The number of carbonyl (C=O) groups is 1. The SMILES string of the molecule is COCCCN(CCC(=O)Nc1cc(Cl)ccc1OC)S(C)(=O)=O. The number of sulfonamides is 1. The van der Waals surface area contributed by atoms with E-state index in [1.54, 1.807) is 25.3 Å². The van der Waals surface area contributed by atoms with Crippen molar-refractivity contribution in [3.05, 3.63) is 23.2 Å². The summed E-state index contributed by atoms with van der Waals surface area (Å²) in [6.45, 7) is 0.857. The van der Waals surface area contributed by atoms with Crippen LogP contribution in [0.15, 0.2) is 18.2 Å². The van der Waals surface area contributed by atoms with Crippen LogP contribution in [0.25, 0.3) is 0 Å². The first kappa shape index (κ1) is 20.7. The number of amides is 1. The van der Waals surface area contributed by atoms with E-state index >= 15 is 0 Å². The Kier molecular flexibility index (Phi) is 8.47. The third kappa shape index (κ3) is 7.04. The van der Waals surface area contributed by atoms with Crippen LogP contribution in [0, 0.1) is 0 Å². The Bertz CT molecular complexity index is 651. The first-order valence-corrected chi connectivity index (χ1v) is 9.58. The van der Waals surface area contributed by atoms with Crippen molar-refractivity contribution >= 4 is 33.2 Å². The highest BCUT2D eigenvalue weighted by molar-refractivity contribution is 7.88. The van der Waals surface area contributed by atoms with Crippen LogP contribution in [-0.4, -0.2) is 58.8 Å². The fraction of sp³-hybridized carbons (Fsp3) is 0.533. The lowest BCUT2D eigenvalue weighted by Crippen LogP contribution is -2.34. The zero-order valence-corrected chi connectivity index (χ0v) is 15.6. The second kappa shape index (κ2) is 9.83. The van der Waals surface area contributed by atoms with Crippen LogP contribution < -0.4 is 10.1 Å². The molecule has 0 bridgehead atoms. The number of nitrogens with zero attached hydrogens (tertiary/aromatic N) is 1. The summed E-state index contributed by atoms with van der Waals surface area (Å²) in [4.78, 5) is 12.1. The molecule has 0 aliphatic rings. The number of benzene rings is 1. The van der Waals surface area contributed by atoms with Gasteiger partial charge in [-0.2, -0.15) is 0 Å². The van der Waals surface area contributed by atoms with Gasteiger partial charge in [0.2, 0.25) is 15.9 Å². The molecule has 0 heterocycles. The van der Waals surface area contributed by atoms with Crippen LogP contribution in [0.4, 0.5) is 5.69 Å². The Morgan fingerprint density at radius 1 is 1.29 bits per heavy atom. The monoisotopic (exact) mass is 378 g/mol. The summed E-state index contributed by atoms with van der Waals surface area (Å²) in [5.41, 5.74) is 0.445. The van der Waals surface area contributed by atoms with Crippen LogP contribution in [0.2, 0.25) is 5.02 Å². The molecule has 0 saturated carbocycles. The average Bonchev–Trinajstić information content (AvgIpc) is 2.49. The molecule has 1 aromatic rings. The normalized spacial score (nSPS) is 11.5. The fourth-order valence-electron chi connectivity index (χ4n) is 2.05. The third-order valence-corrected chi connectivity index (χ3v) is 4.79. The Balaban J connectivity index is 2.64. The van der Waals surface area contributed by atoms with E-state index in [-0.39, 0.29) is 18.9 Å². The summed E-state index contributed by atoms with van der Waals surface area (Å²) < 4.78 is 34.9. The third-order valence-electron chi connectivity index (χ3n) is 3.25. The van der Waals surface area contributed by atoms with Crippen molar-refractivity contribution in [2.45, 2.75) is 12.8 Å². The van der Waals surface area contributed by atoms with Crippen LogP contribution in [0.3, 0.4) is 0 Å². The van der Waals surface area contributed by atoms with E-state index in [0.717, 1.165) is 6.26 Å². The minimum Gasteiger partial charge on any atom is -0.495 e. The first-order chi connectivity index (χ1) is 11.3. The van der Waals surface area contributed by atoms with Gasteiger partial charge >= 0.3 is 0 Å². The molecule has 0 unspecified atom stereocenters. The maximum atomic E-state index is 12.1. The van der Waals surface area contributed by atoms with Crippen molar-refractivity contribution < 1.29 is 22.7 Å². The molecular formula is C15H23ClN2O5S. The van der Waals surface area contributed by atoms with Gasteiger partial charge in [-0.3, -0.25) is 4.79 Å². The zero-order valence-electron chi connectivity index (χ0n) is 14.0. The van der Waals surface area contributed by atoms with Gasteiger partial charge in [-0.1, -0.05) is 11.6 Å². The van der Waals surface area contributed by atoms with Gasteiger partial charge in [0.1, 0.15) is 5.75 Å². The molecular weight excluding hydrogens is 356 g/mol. The van der Waals surface area contributed by atoms with Gasteiger partial charge in [-0.05, 0) is 24.6 Å². The minimum atomic E-state index is -3.38. The van der Waals surface area contributed by atoms with Gasteiger partial charge in [-0.15, -0.1) is 0 Å². The summed E-state index contributed by atoms with van der Waals surface area (Å²) in [6, 6.07) is 4.87. The predicted octanol–water partition coefficient (Wildman–Crippen LogP) is 1.98. The van der Waals surface area contributed by atoms with Crippen molar-refractivity contribution in [2.24, 2.45) is 0 Å². The van der Waals surface area contributed by atoms with E-state index < -0.39 is 10.0 Å². The summed E-state index contributed by atoms with van der Waals surface area (Å²) in [6.07, 6.45) is 1.71. The largest absolute Gasteiger partial charge is 0.495 e. The molecule has 1 aromatic carbocycles. The Morgan fingerprint density at radius 3 is 2.58 bits per heavy atom. The Hall–Kier alpha value is -1.35. The second-order valence-corrected chi connectivity index (χ2v) is 7.57. The van der Waals surface area contributed by atoms with Gasteiger partial charge in [0, 0.05) is 38.2 Å². The molecule has 0 aliphatic carbocycles. The molecule has 0 radical (unpaired) electrons. The highest BCUT2D eigenvalue weighted by atomic mass is 35.5. The number of nitrogens with one attached hydrogen (secondary N) is 1. The van der Waals surface area contributed by atoms with Gasteiger partial charge in [-0.25, -0.2) is 12.7 Å². The van der Waals surface area contributed by atoms with Crippen molar-refractivity contribution in [1.29, 1.82) is 0 Å². The summed E-state index contributed by atoms with van der Waals surface area (Å²) in [5, 5.41) is 3.14. The molecule has 1 amide bonds. The molecule has 136 valence electrons. The molecule has 0 fully saturated rings. The van der Waals surface area contributed by atoms with E-state index in [1.165, 1.54) is 11.4 Å². The zero-order chi connectivity index (χ0) is 18.2. The molecule has 1 rings (SSSR count). The van der Waals surface area contributed by atoms with E-state index in [4.69, 9.17) is 21.1 Å². The molecule has 1 N–H and O–H groups in total. The van der Waals surface area contributed by atoms with E-state index in [0.29, 0.717) is 36.0 Å². The van der Waals surface area contributed by atoms with Gasteiger partial charge in [0.05, 0.1) is 19.1 Å². The number of methoxy groups -OCH3 is 2. The molecule has 0 aromatic heterocycles. The molecule has 7 nitrogen and oxygen atoms in total. The summed E-state index contributed by atoms with van der Waals surface area (Å²) in [7, 11) is -0.343. The van der Waals surface area contributed by atoms with Gasteiger partial charge < -0.3 is 14.8 Å². The fourth-order valence-corrected chi connectivity index (χ4v) is 3.10. The van der Waals surface area contributed by atoms with Crippen molar-refractivity contribution in [2.75, 3.05) is 45.5 Å². The Labute approximate surface area is 147 Å². The first-order valence-electron chi connectivity index (χ1n) is 7.35. The minimum absolute atomic E-state index is 0.0235. The van der Waals surface area contributed by atoms with E-state index in [2.05, 4.69) is 5.32 Å². The van der Waals surface area contributed by atoms with Crippen LogP contribution in [-0.2, 0) is 19.6 Å². The number of rotatable bonds is 10. The number of carbonyl (C=O) groups excluding carboxylic acids is 1. The van der Waals surface area contributed by atoms with Crippen molar-refractivity contribution in [1.82, 2.24) is 4.31 Å². The number of anilines is 1. The lowest BCUT2D eigenvalue weighted by Gasteiger charge is -2.19. The standard InChI is InChI=1S/C15H23ClN2O5S/c1-22-10-4-8-18(24(3,20)21)9-7-15(19)17-13-11-12(16)5-6-14(13)23-2/h5-6,11H,4,7-10H2,1-3H3,(H,17,19). The number of ether oxygens (including phenoxy) is 2. The topological polar surface area (TPSA) is 84.9 Å². The van der Waals surface area contributed by atoms with E-state index in [9.17, 15) is 13.2 Å². The van der Waals surface area contributed by atoms with Crippen molar-refractivity contribution in [3.63, 3.8) is 0 Å². The lowest BCUT2D eigenvalue weighted by molar-refractivity contribution is -0.116. The molecule has 0 spiro atoms. The maximum Gasteiger partial charge on any atom is 0.225 e. The second-order valence-electron chi connectivity index (χ2n) is 5.15. The predicted molar refractivity (Wildman–Crippen MR) is 94.2 cm³/mol. The quantitative estimate of drug-likeness (QED) is 0.629. The smallest absolute Gasteiger partial charge is 0.225 e. The van der Waals surface area contributed by atoms with Crippen LogP contribution in [0.5, 0.6) is 5.75 Å². The number of hydrogen-bond acceptors (Lipinski definition) is 5. The maximum absolute atomic E-state index is 12.1. The molecule has 0 aliphatic heterocycles. The highest BCUT2D eigenvalue weighted by Crippen LogP contribution is 2.27. The van der Waals surface area contributed by atoms with E-state index in [1.807, 2.05) is 0 Å². The molecule has 24 heavy (non-hydrogen) atoms. The molecule has 9 heteroatoms. The van der Waals surface area contributed by atoms with Crippen molar-refractivity contribution in [3.8, 4) is 5.75 Å². The molecule has 0 atom stereocenters. The summed E-state index contributed by atoms with van der Waals surface area (Å²) >= 11 is 5.91. The van der Waals surface area contributed by atoms with Gasteiger partial charge in [0.25, 0.3) is 0 Å². The van der Waals surface area contributed by atoms with Gasteiger partial charge in [0.15, 0.2) is 0 Å². The summed E-state index contributed by atoms with van der Waals surface area (Å²) in [5.74, 6) is 0.156.